The Kier molecular flexibility index (Phi) is 3.64. The molecule has 1 aromatic rings. The maximum atomic E-state index is 3.75. The fraction of sp³-hybridized carbons (Fsp3) is 0.647. The molecule has 4 atom stereocenters. The van der Waals surface area contributed by atoms with Crippen LogP contribution in [0.15, 0.2) is 30.3 Å². The van der Waals surface area contributed by atoms with Crippen molar-refractivity contribution in [3.05, 3.63) is 35.9 Å². The fourth-order valence-electron chi connectivity index (χ4n) is 3.46. The van der Waals surface area contributed by atoms with E-state index in [2.05, 4.69) is 61.3 Å². The monoisotopic (exact) mass is 258 g/mol. The highest BCUT2D eigenvalue weighted by molar-refractivity contribution is 5.20. The second kappa shape index (κ2) is 5.26. The van der Waals surface area contributed by atoms with E-state index in [-0.39, 0.29) is 0 Å². The summed E-state index contributed by atoms with van der Waals surface area (Å²) in [4.78, 5) is 2.78. The zero-order valence-electron chi connectivity index (χ0n) is 12.3. The van der Waals surface area contributed by atoms with Crippen LogP contribution in [0.2, 0.25) is 0 Å². The van der Waals surface area contributed by atoms with Crippen LogP contribution in [-0.2, 0) is 0 Å². The number of piperazine rings is 1. The zero-order chi connectivity index (χ0) is 13.4. The van der Waals surface area contributed by atoms with Crippen molar-refractivity contribution in [3.8, 4) is 0 Å². The van der Waals surface area contributed by atoms with Crippen LogP contribution >= 0.6 is 0 Å². The smallest absolute Gasteiger partial charge is 0.0450 e. The van der Waals surface area contributed by atoms with Gasteiger partial charge >= 0.3 is 0 Å². The molecule has 4 unspecified atom stereocenters. The summed E-state index contributed by atoms with van der Waals surface area (Å²) in [7, 11) is 0. The van der Waals surface area contributed by atoms with Crippen molar-refractivity contribution < 1.29 is 0 Å². The first-order chi connectivity index (χ1) is 9.16. The average molecular weight is 258 g/mol. The zero-order valence-corrected chi connectivity index (χ0v) is 12.3. The Labute approximate surface area is 117 Å². The summed E-state index contributed by atoms with van der Waals surface area (Å²) in [5.74, 6) is 1.63. The molecule has 1 aliphatic carbocycles. The molecule has 1 aliphatic heterocycles. The number of benzene rings is 1. The average Bonchev–Trinajstić information content (AvgIpc) is 3.16. The summed E-state index contributed by atoms with van der Waals surface area (Å²) in [5.41, 5.74) is 1.43. The number of hydrogen-bond acceptors (Lipinski definition) is 2. The summed E-state index contributed by atoms with van der Waals surface area (Å²) in [5, 5.41) is 3.75. The first kappa shape index (κ1) is 13.1. The van der Waals surface area contributed by atoms with Gasteiger partial charge in [0.05, 0.1) is 0 Å². The highest BCUT2D eigenvalue weighted by Crippen LogP contribution is 2.39. The summed E-state index contributed by atoms with van der Waals surface area (Å²) in [6, 6.07) is 12.9. The second-order valence-electron chi connectivity index (χ2n) is 6.66. The summed E-state index contributed by atoms with van der Waals surface area (Å²) >= 11 is 0. The van der Waals surface area contributed by atoms with E-state index in [1.165, 1.54) is 18.5 Å². The third-order valence-electron chi connectivity index (χ3n) is 4.86. The van der Waals surface area contributed by atoms with Crippen LogP contribution in [0.5, 0.6) is 0 Å². The van der Waals surface area contributed by atoms with Gasteiger partial charge in [-0.05, 0) is 23.8 Å². The van der Waals surface area contributed by atoms with E-state index < -0.39 is 0 Å². The van der Waals surface area contributed by atoms with Crippen LogP contribution in [-0.4, -0.2) is 30.1 Å². The molecule has 1 N–H and O–H groups in total. The van der Waals surface area contributed by atoms with E-state index in [1.807, 2.05) is 0 Å². The first-order valence-corrected chi connectivity index (χ1v) is 7.71. The lowest BCUT2D eigenvalue weighted by Gasteiger charge is -2.43. The molecule has 2 aliphatic rings. The molecule has 0 aromatic heterocycles. The van der Waals surface area contributed by atoms with Crippen LogP contribution in [0, 0.1) is 11.8 Å². The van der Waals surface area contributed by atoms with Crippen molar-refractivity contribution in [3.63, 3.8) is 0 Å². The molecule has 0 bridgehead atoms. The van der Waals surface area contributed by atoms with Crippen molar-refractivity contribution in [1.29, 1.82) is 0 Å². The van der Waals surface area contributed by atoms with E-state index in [4.69, 9.17) is 0 Å². The highest BCUT2D eigenvalue weighted by atomic mass is 15.3. The quantitative estimate of drug-likeness (QED) is 0.896. The molecule has 104 valence electrons. The van der Waals surface area contributed by atoms with Gasteiger partial charge in [-0.15, -0.1) is 0 Å². The van der Waals surface area contributed by atoms with Crippen LogP contribution in [0.1, 0.15) is 38.8 Å². The maximum Gasteiger partial charge on any atom is 0.0450 e. The van der Waals surface area contributed by atoms with Gasteiger partial charge in [0.25, 0.3) is 0 Å². The van der Waals surface area contributed by atoms with Crippen molar-refractivity contribution in [1.82, 2.24) is 10.2 Å². The van der Waals surface area contributed by atoms with Crippen molar-refractivity contribution in [2.24, 2.45) is 11.8 Å². The van der Waals surface area contributed by atoms with Gasteiger partial charge in [0.15, 0.2) is 0 Å². The van der Waals surface area contributed by atoms with E-state index >= 15 is 0 Å². The molecule has 3 rings (SSSR count). The normalized spacial score (nSPS) is 35.6. The van der Waals surface area contributed by atoms with E-state index in [9.17, 15) is 0 Å². The summed E-state index contributed by atoms with van der Waals surface area (Å²) in [6.07, 6.45) is 1.39. The fourth-order valence-corrected chi connectivity index (χ4v) is 3.46. The summed E-state index contributed by atoms with van der Waals surface area (Å²) in [6.45, 7) is 9.40. The molecule has 2 fully saturated rings. The molecule has 1 saturated carbocycles. The largest absolute Gasteiger partial charge is 0.307 e. The van der Waals surface area contributed by atoms with Gasteiger partial charge in [-0.25, -0.2) is 0 Å². The molecule has 1 aromatic carbocycles. The molecule has 2 nitrogen and oxygen atoms in total. The Balaban J connectivity index is 1.75. The Morgan fingerprint density at radius 1 is 1.21 bits per heavy atom. The summed E-state index contributed by atoms with van der Waals surface area (Å²) < 4.78 is 0. The molecule has 1 saturated heterocycles. The number of rotatable bonds is 3. The van der Waals surface area contributed by atoms with E-state index in [0.717, 1.165) is 24.4 Å². The van der Waals surface area contributed by atoms with Gasteiger partial charge in [-0.3, -0.25) is 4.90 Å². The number of nitrogens with zero attached hydrogens (tertiary/aromatic N) is 1. The maximum absolute atomic E-state index is 3.75. The van der Waals surface area contributed by atoms with Gasteiger partial charge in [-0.2, -0.15) is 0 Å². The van der Waals surface area contributed by atoms with Crippen LogP contribution < -0.4 is 5.32 Å². The predicted molar refractivity (Wildman–Crippen MR) is 80.1 cm³/mol. The Bertz CT molecular complexity index is 415. The third kappa shape index (κ3) is 2.70. The van der Waals surface area contributed by atoms with Crippen LogP contribution in [0.4, 0.5) is 0 Å². The molecule has 0 radical (unpaired) electrons. The Morgan fingerprint density at radius 3 is 2.47 bits per heavy atom. The van der Waals surface area contributed by atoms with Gasteiger partial charge < -0.3 is 5.32 Å². The van der Waals surface area contributed by atoms with Crippen molar-refractivity contribution >= 4 is 0 Å². The minimum absolute atomic E-state index is 0.504. The Morgan fingerprint density at radius 2 is 1.89 bits per heavy atom. The van der Waals surface area contributed by atoms with Gasteiger partial charge in [0.2, 0.25) is 0 Å². The topological polar surface area (TPSA) is 15.3 Å². The molecule has 0 spiro atoms. The minimum Gasteiger partial charge on any atom is -0.307 e. The number of nitrogens with one attached hydrogen (secondary N) is 1. The molecule has 2 heteroatoms. The lowest BCUT2D eigenvalue weighted by molar-refractivity contribution is 0.0860. The van der Waals surface area contributed by atoms with Gasteiger partial charge in [0.1, 0.15) is 0 Å². The third-order valence-corrected chi connectivity index (χ3v) is 4.86. The standard InChI is InChI=1S/C17H26N2/c1-12(2)17-10-18-15(14-7-5-4-6-8-14)11-19(17)16-9-13(16)3/h4-8,12-13,15-18H,9-11H2,1-3H3. The SMILES string of the molecule is CC(C)C1CNC(c2ccccc2)CN1C1CC1C. The lowest BCUT2D eigenvalue weighted by Crippen LogP contribution is -2.55. The van der Waals surface area contributed by atoms with Crippen molar-refractivity contribution in [2.45, 2.75) is 45.3 Å². The van der Waals surface area contributed by atoms with Crippen molar-refractivity contribution in [2.75, 3.05) is 13.1 Å². The highest BCUT2D eigenvalue weighted by Gasteiger charge is 2.44. The molecular formula is C17H26N2. The predicted octanol–water partition coefficient (Wildman–Crippen LogP) is 3.07. The second-order valence-corrected chi connectivity index (χ2v) is 6.66. The van der Waals surface area contributed by atoms with Gasteiger partial charge in [-0.1, -0.05) is 51.1 Å². The molecule has 0 amide bonds. The van der Waals surface area contributed by atoms with Crippen LogP contribution in [0.3, 0.4) is 0 Å². The van der Waals surface area contributed by atoms with E-state index in [0.29, 0.717) is 12.1 Å². The lowest BCUT2D eigenvalue weighted by atomic mass is 9.95. The molecule has 1 heterocycles. The number of hydrogen-bond donors (Lipinski definition) is 1. The minimum atomic E-state index is 0.504. The molecular weight excluding hydrogens is 232 g/mol. The molecule has 19 heavy (non-hydrogen) atoms. The van der Waals surface area contributed by atoms with Gasteiger partial charge in [0, 0.05) is 31.2 Å². The Hall–Kier alpha value is -0.860. The van der Waals surface area contributed by atoms with Crippen LogP contribution in [0.25, 0.3) is 0 Å². The van der Waals surface area contributed by atoms with E-state index in [1.54, 1.807) is 0 Å². The first-order valence-electron chi connectivity index (χ1n) is 7.71.